The van der Waals surface area contributed by atoms with Crippen molar-refractivity contribution in [2.45, 2.75) is 33.6 Å². The number of rotatable bonds is 2. The van der Waals surface area contributed by atoms with Crippen LogP contribution in [0.15, 0.2) is 23.3 Å². The lowest BCUT2D eigenvalue weighted by Crippen LogP contribution is -2.02. The van der Waals surface area contributed by atoms with E-state index in [4.69, 9.17) is 5.41 Å². The monoisotopic (exact) mass is 163 g/mol. The summed E-state index contributed by atoms with van der Waals surface area (Å²) >= 11 is 0. The van der Waals surface area contributed by atoms with Crippen molar-refractivity contribution < 1.29 is 0 Å². The van der Waals surface area contributed by atoms with Crippen molar-refractivity contribution in [2.75, 3.05) is 0 Å². The van der Waals surface area contributed by atoms with Gasteiger partial charge in [0.2, 0.25) is 0 Å². The third-order valence-corrected chi connectivity index (χ3v) is 1.90. The second-order valence-corrected chi connectivity index (χ2v) is 4.01. The van der Waals surface area contributed by atoms with Crippen LogP contribution in [-0.4, -0.2) is 5.71 Å². The van der Waals surface area contributed by atoms with Gasteiger partial charge in [-0.2, -0.15) is 0 Å². The van der Waals surface area contributed by atoms with Gasteiger partial charge in [-0.25, -0.2) is 0 Å². The van der Waals surface area contributed by atoms with Crippen molar-refractivity contribution in [2.24, 2.45) is 5.92 Å². The molecule has 0 unspecified atom stereocenters. The smallest absolute Gasteiger partial charge is 0.0357 e. The average Bonchev–Trinajstić information content (AvgIpc) is 1.81. The van der Waals surface area contributed by atoms with Crippen LogP contribution in [0.5, 0.6) is 0 Å². The third-order valence-electron chi connectivity index (χ3n) is 1.90. The summed E-state index contributed by atoms with van der Waals surface area (Å²) in [4.78, 5) is 0. The lowest BCUT2D eigenvalue weighted by Gasteiger charge is -2.13. The van der Waals surface area contributed by atoms with E-state index in [-0.39, 0.29) is 0 Å². The van der Waals surface area contributed by atoms with E-state index in [9.17, 15) is 0 Å². The van der Waals surface area contributed by atoms with Gasteiger partial charge in [-0.1, -0.05) is 25.5 Å². The highest BCUT2D eigenvalue weighted by Crippen LogP contribution is 2.20. The maximum atomic E-state index is 7.58. The van der Waals surface area contributed by atoms with Crippen molar-refractivity contribution in [3.05, 3.63) is 23.3 Å². The number of nitrogens with one attached hydrogen (secondary N) is 1. The van der Waals surface area contributed by atoms with Gasteiger partial charge >= 0.3 is 0 Å². The number of hydrogen-bond acceptors (Lipinski definition) is 1. The Morgan fingerprint density at radius 3 is 2.58 bits per heavy atom. The molecule has 0 aromatic carbocycles. The van der Waals surface area contributed by atoms with Crippen LogP contribution in [-0.2, 0) is 0 Å². The summed E-state index contributed by atoms with van der Waals surface area (Å²) in [5.41, 5.74) is 3.39. The minimum Gasteiger partial charge on any atom is -0.305 e. The highest BCUT2D eigenvalue weighted by atomic mass is 14.4. The molecule has 0 amide bonds. The molecule has 0 bridgehead atoms. The lowest BCUT2D eigenvalue weighted by atomic mass is 9.93. The molecule has 0 saturated heterocycles. The first-order valence-corrected chi connectivity index (χ1v) is 4.53. The molecule has 0 radical (unpaired) electrons. The molecule has 0 atom stereocenters. The molecule has 0 fully saturated rings. The fourth-order valence-corrected chi connectivity index (χ4v) is 1.57. The molecule has 0 heterocycles. The highest BCUT2D eigenvalue weighted by Gasteiger charge is 2.06. The molecule has 0 aromatic rings. The Morgan fingerprint density at radius 1 is 1.42 bits per heavy atom. The van der Waals surface area contributed by atoms with Crippen LogP contribution in [0.3, 0.4) is 0 Å². The van der Waals surface area contributed by atoms with Gasteiger partial charge in [-0.3, -0.25) is 0 Å². The fourth-order valence-electron chi connectivity index (χ4n) is 1.57. The molecule has 1 aliphatic rings. The first-order valence-electron chi connectivity index (χ1n) is 4.53. The molecule has 1 rings (SSSR count). The van der Waals surface area contributed by atoms with Crippen LogP contribution in [0.25, 0.3) is 0 Å². The van der Waals surface area contributed by atoms with Crippen LogP contribution in [0, 0.1) is 11.3 Å². The maximum absolute atomic E-state index is 7.58. The van der Waals surface area contributed by atoms with Gasteiger partial charge in [0.1, 0.15) is 0 Å². The summed E-state index contributed by atoms with van der Waals surface area (Å²) in [6.07, 6.45) is 6.16. The van der Waals surface area contributed by atoms with Crippen LogP contribution in [0.4, 0.5) is 0 Å². The first kappa shape index (κ1) is 9.24. The summed E-state index contributed by atoms with van der Waals surface area (Å²) in [6.45, 7) is 6.52. The minimum absolute atomic E-state index is 0.686. The molecular weight excluding hydrogens is 146 g/mol. The zero-order chi connectivity index (χ0) is 9.14. The zero-order valence-corrected chi connectivity index (χ0v) is 8.15. The van der Waals surface area contributed by atoms with E-state index in [1.807, 2.05) is 6.08 Å². The van der Waals surface area contributed by atoms with Crippen molar-refractivity contribution in [1.29, 1.82) is 5.41 Å². The summed E-state index contributed by atoms with van der Waals surface area (Å²) in [7, 11) is 0. The summed E-state index contributed by atoms with van der Waals surface area (Å²) in [5.74, 6) is 0.686. The summed E-state index contributed by atoms with van der Waals surface area (Å²) < 4.78 is 0. The Balaban J connectivity index is 2.69. The van der Waals surface area contributed by atoms with Crippen molar-refractivity contribution in [3.8, 4) is 0 Å². The molecular formula is C11H17N. The number of hydrogen-bond donors (Lipinski definition) is 1. The Kier molecular flexibility index (Phi) is 2.85. The molecule has 1 aliphatic carbocycles. The van der Waals surface area contributed by atoms with Gasteiger partial charge in [0.05, 0.1) is 0 Å². The van der Waals surface area contributed by atoms with Crippen molar-refractivity contribution in [1.82, 2.24) is 0 Å². The normalized spacial score (nSPS) is 17.8. The second-order valence-electron chi connectivity index (χ2n) is 4.01. The third kappa shape index (κ3) is 2.65. The van der Waals surface area contributed by atoms with Crippen molar-refractivity contribution in [3.63, 3.8) is 0 Å². The van der Waals surface area contributed by atoms with E-state index < -0.39 is 0 Å². The Morgan fingerprint density at radius 2 is 2.08 bits per heavy atom. The minimum atomic E-state index is 0.686. The first-order chi connectivity index (χ1) is 5.58. The van der Waals surface area contributed by atoms with Crippen LogP contribution < -0.4 is 0 Å². The maximum Gasteiger partial charge on any atom is 0.0357 e. The topological polar surface area (TPSA) is 23.9 Å². The standard InChI is InChI=1S/C11H17N/c1-8(2)4-10-5-9(3)6-11(12)7-10/h5,7-8,12H,4,6H2,1-3H3. The largest absolute Gasteiger partial charge is 0.305 e. The average molecular weight is 163 g/mol. The quantitative estimate of drug-likeness (QED) is 0.645. The summed E-state index contributed by atoms with van der Waals surface area (Å²) in [5, 5.41) is 7.58. The van der Waals surface area contributed by atoms with E-state index in [0.29, 0.717) is 5.92 Å². The molecule has 0 spiro atoms. The summed E-state index contributed by atoms with van der Waals surface area (Å²) in [6, 6.07) is 0. The van der Waals surface area contributed by atoms with Gasteiger partial charge < -0.3 is 5.41 Å². The zero-order valence-electron chi connectivity index (χ0n) is 8.15. The van der Waals surface area contributed by atoms with Gasteiger partial charge in [-0.05, 0) is 30.9 Å². The van der Waals surface area contributed by atoms with Crippen molar-refractivity contribution >= 4 is 5.71 Å². The SMILES string of the molecule is CC1=CC(CC(C)C)=CC(=N)C1. The molecule has 1 nitrogen and oxygen atoms in total. The molecule has 0 aliphatic heterocycles. The number of allylic oxidation sites excluding steroid dienone is 4. The van der Waals surface area contributed by atoms with Crippen LogP contribution in [0.1, 0.15) is 33.6 Å². The van der Waals surface area contributed by atoms with Gasteiger partial charge in [0.15, 0.2) is 0 Å². The molecule has 0 aromatic heterocycles. The van der Waals surface area contributed by atoms with E-state index >= 15 is 0 Å². The fraction of sp³-hybridized carbons (Fsp3) is 0.545. The lowest BCUT2D eigenvalue weighted by molar-refractivity contribution is 0.649. The molecule has 1 heteroatoms. The van der Waals surface area contributed by atoms with Crippen LogP contribution >= 0.6 is 0 Å². The molecule has 66 valence electrons. The highest BCUT2D eigenvalue weighted by molar-refractivity contribution is 5.96. The van der Waals surface area contributed by atoms with E-state index in [2.05, 4.69) is 26.8 Å². The van der Waals surface area contributed by atoms with E-state index in [0.717, 1.165) is 18.6 Å². The Labute approximate surface area is 74.7 Å². The van der Waals surface area contributed by atoms with Gasteiger partial charge in [0.25, 0.3) is 0 Å². The van der Waals surface area contributed by atoms with Gasteiger partial charge in [0, 0.05) is 12.1 Å². The van der Waals surface area contributed by atoms with Gasteiger partial charge in [-0.15, -0.1) is 0 Å². The van der Waals surface area contributed by atoms with E-state index in [1.165, 1.54) is 11.1 Å². The van der Waals surface area contributed by atoms with E-state index in [1.54, 1.807) is 0 Å². The Hall–Kier alpha value is -0.850. The second kappa shape index (κ2) is 3.70. The predicted molar refractivity (Wildman–Crippen MR) is 53.6 cm³/mol. The Bertz CT molecular complexity index is 244. The van der Waals surface area contributed by atoms with Crippen LogP contribution in [0.2, 0.25) is 0 Å². The molecule has 0 saturated carbocycles. The molecule has 1 N–H and O–H groups in total. The predicted octanol–water partition coefficient (Wildman–Crippen LogP) is 3.33. The molecule has 12 heavy (non-hydrogen) atoms.